The fraction of sp³-hybridized carbons (Fsp3) is 0.600. The predicted molar refractivity (Wildman–Crippen MR) is 150 cm³/mol. The molecule has 0 unspecified atom stereocenters. The van der Waals surface area contributed by atoms with E-state index in [4.69, 9.17) is 11.5 Å². The van der Waals surface area contributed by atoms with Crippen molar-refractivity contribution in [2.75, 3.05) is 26.2 Å². The lowest BCUT2D eigenvalue weighted by atomic mass is 10.1. The van der Waals surface area contributed by atoms with Crippen LogP contribution in [0, 0.1) is 0 Å². The molecule has 0 aliphatic rings. The number of rotatable bonds is 20. The summed E-state index contributed by atoms with van der Waals surface area (Å²) >= 11 is 0. The second-order valence-corrected chi connectivity index (χ2v) is 9.14. The Morgan fingerprint density at radius 1 is 0.412 bits per heavy atom. The quantitative estimate of drug-likeness (QED) is 0.176. The van der Waals surface area contributed by atoms with Gasteiger partial charge in [0.2, 0.25) is 0 Å². The first-order chi connectivity index (χ1) is 16.9. The predicted octanol–water partition coefficient (Wildman–Crippen LogP) is 6.15. The summed E-state index contributed by atoms with van der Waals surface area (Å²) in [7, 11) is 0. The van der Waals surface area contributed by atoms with Gasteiger partial charge in [0.05, 0.1) is 0 Å². The van der Waals surface area contributed by atoms with Gasteiger partial charge in [0, 0.05) is 13.1 Å². The van der Waals surface area contributed by atoms with Crippen molar-refractivity contribution in [2.45, 2.75) is 90.1 Å². The zero-order valence-electron chi connectivity index (χ0n) is 21.7. The lowest BCUT2D eigenvalue weighted by Gasteiger charge is -2.06. The van der Waals surface area contributed by atoms with E-state index in [0.29, 0.717) is 0 Å². The van der Waals surface area contributed by atoms with Gasteiger partial charge in [0.15, 0.2) is 0 Å². The fourth-order valence-electron chi connectivity index (χ4n) is 3.86. The fourth-order valence-corrected chi connectivity index (χ4v) is 3.86. The minimum absolute atomic E-state index is 0.844. The smallest absolute Gasteiger partial charge is 0.0205 e. The average Bonchev–Trinajstić information content (AvgIpc) is 2.88. The van der Waals surface area contributed by atoms with Crippen molar-refractivity contribution in [3.05, 3.63) is 71.8 Å². The molecule has 0 saturated heterocycles. The molecule has 0 aliphatic heterocycles. The summed E-state index contributed by atoms with van der Waals surface area (Å²) in [6.07, 6.45) is 15.6. The lowest BCUT2D eigenvalue weighted by Crippen LogP contribution is -2.14. The molecule has 2 rings (SSSR count). The molecule has 0 atom stereocenters. The van der Waals surface area contributed by atoms with Crippen molar-refractivity contribution in [3.63, 3.8) is 0 Å². The summed E-state index contributed by atoms with van der Waals surface area (Å²) in [5.41, 5.74) is 13.4. The van der Waals surface area contributed by atoms with Crippen LogP contribution in [0.4, 0.5) is 0 Å². The minimum Gasteiger partial charge on any atom is -0.330 e. The van der Waals surface area contributed by atoms with Gasteiger partial charge < -0.3 is 22.1 Å². The van der Waals surface area contributed by atoms with E-state index in [1.54, 1.807) is 0 Å². The maximum Gasteiger partial charge on any atom is 0.0205 e. The van der Waals surface area contributed by atoms with Crippen LogP contribution in [-0.4, -0.2) is 26.2 Å². The normalized spacial score (nSPS) is 10.6. The first kappa shape index (κ1) is 30.3. The molecule has 0 saturated carbocycles. The van der Waals surface area contributed by atoms with Gasteiger partial charge in [-0.2, -0.15) is 0 Å². The number of benzene rings is 2. The molecule has 0 radical (unpaired) electrons. The Hall–Kier alpha value is -1.72. The maximum atomic E-state index is 5.35. The highest BCUT2D eigenvalue weighted by molar-refractivity contribution is 5.14. The monoisotopic (exact) mass is 468 g/mol. The maximum absolute atomic E-state index is 5.35. The second-order valence-electron chi connectivity index (χ2n) is 9.14. The van der Waals surface area contributed by atoms with Crippen molar-refractivity contribution in [1.82, 2.24) is 10.6 Å². The van der Waals surface area contributed by atoms with Crippen LogP contribution in [-0.2, 0) is 13.1 Å². The molecule has 6 N–H and O–H groups in total. The Bertz CT molecular complexity index is 575. The summed E-state index contributed by atoms with van der Waals surface area (Å²) in [4.78, 5) is 0. The van der Waals surface area contributed by atoms with Gasteiger partial charge in [0.1, 0.15) is 0 Å². The van der Waals surface area contributed by atoms with E-state index in [0.717, 1.165) is 39.3 Å². The molecule has 4 nitrogen and oxygen atoms in total. The summed E-state index contributed by atoms with van der Waals surface area (Å²) in [5, 5.41) is 7.05. The molecule has 0 bridgehead atoms. The van der Waals surface area contributed by atoms with Gasteiger partial charge in [-0.05, 0) is 63.0 Å². The van der Waals surface area contributed by atoms with Crippen LogP contribution >= 0.6 is 0 Å². The molecule has 2 aromatic rings. The van der Waals surface area contributed by atoms with Gasteiger partial charge in [-0.15, -0.1) is 0 Å². The standard InChI is InChI=1S/C22H32N2.C8H20N2/c1(3-11-17-23-19-21-13-7-5-8-14-21)2-4-12-18-24-20-22-15-9-6-10-16-22;9-7-5-3-1-2-4-6-8-10/h5-10,13-16,23-24H,1-4,11-12,17-20H2;1-10H2. The van der Waals surface area contributed by atoms with Crippen LogP contribution in [0.15, 0.2) is 60.7 Å². The van der Waals surface area contributed by atoms with E-state index >= 15 is 0 Å². The third-order valence-corrected chi connectivity index (χ3v) is 5.96. The highest BCUT2D eigenvalue weighted by Crippen LogP contribution is 2.06. The topological polar surface area (TPSA) is 76.1 Å². The number of unbranched alkanes of at least 4 members (excludes halogenated alkanes) is 10. The van der Waals surface area contributed by atoms with Crippen molar-refractivity contribution in [2.24, 2.45) is 11.5 Å². The lowest BCUT2D eigenvalue weighted by molar-refractivity contribution is 0.549. The van der Waals surface area contributed by atoms with Gasteiger partial charge in [0.25, 0.3) is 0 Å². The van der Waals surface area contributed by atoms with Crippen molar-refractivity contribution in [1.29, 1.82) is 0 Å². The van der Waals surface area contributed by atoms with Crippen LogP contribution in [0.25, 0.3) is 0 Å². The van der Waals surface area contributed by atoms with Crippen LogP contribution in [0.2, 0.25) is 0 Å². The second kappa shape index (κ2) is 24.4. The Balaban J connectivity index is 0.000000489. The van der Waals surface area contributed by atoms with Crippen LogP contribution in [0.1, 0.15) is 88.2 Å². The van der Waals surface area contributed by atoms with Gasteiger partial charge in [-0.1, -0.05) is 112 Å². The van der Waals surface area contributed by atoms with Gasteiger partial charge in [-0.25, -0.2) is 0 Å². The summed E-state index contributed by atoms with van der Waals surface area (Å²) in [6.45, 7) is 5.94. The first-order valence-corrected chi connectivity index (χ1v) is 13.8. The number of hydrogen-bond acceptors (Lipinski definition) is 4. The number of hydrogen-bond donors (Lipinski definition) is 4. The van der Waals surface area contributed by atoms with E-state index in [-0.39, 0.29) is 0 Å². The third-order valence-electron chi connectivity index (χ3n) is 5.96. The minimum atomic E-state index is 0.844. The van der Waals surface area contributed by atoms with Gasteiger partial charge in [-0.3, -0.25) is 0 Å². The Morgan fingerprint density at radius 3 is 1.09 bits per heavy atom. The molecule has 0 fully saturated rings. The van der Waals surface area contributed by atoms with Crippen LogP contribution in [0.3, 0.4) is 0 Å². The van der Waals surface area contributed by atoms with Crippen molar-refractivity contribution >= 4 is 0 Å². The largest absolute Gasteiger partial charge is 0.330 e. The zero-order chi connectivity index (χ0) is 24.4. The molecule has 34 heavy (non-hydrogen) atoms. The molecule has 0 amide bonds. The summed E-state index contributed by atoms with van der Waals surface area (Å²) in [5.74, 6) is 0. The van der Waals surface area contributed by atoms with Crippen LogP contribution < -0.4 is 22.1 Å². The highest BCUT2D eigenvalue weighted by atomic mass is 14.8. The van der Waals surface area contributed by atoms with Gasteiger partial charge >= 0.3 is 0 Å². The first-order valence-electron chi connectivity index (χ1n) is 13.8. The van der Waals surface area contributed by atoms with Crippen LogP contribution in [0.5, 0.6) is 0 Å². The number of nitrogens with one attached hydrogen (secondary N) is 2. The van der Waals surface area contributed by atoms with Crippen molar-refractivity contribution in [3.8, 4) is 0 Å². The molecule has 192 valence electrons. The van der Waals surface area contributed by atoms with E-state index in [1.807, 2.05) is 0 Å². The van der Waals surface area contributed by atoms with E-state index < -0.39 is 0 Å². The van der Waals surface area contributed by atoms with E-state index in [9.17, 15) is 0 Å². The summed E-state index contributed by atoms with van der Waals surface area (Å²) in [6, 6.07) is 21.3. The molecule has 4 heteroatoms. The molecule has 0 heterocycles. The average molecular weight is 469 g/mol. The molecule has 0 aliphatic carbocycles. The molecular weight excluding hydrogens is 416 g/mol. The molecular formula is C30H52N4. The third kappa shape index (κ3) is 19.7. The molecule has 0 spiro atoms. The Kier molecular flexibility index (Phi) is 21.8. The Morgan fingerprint density at radius 2 is 0.735 bits per heavy atom. The SMILES string of the molecule is NCCCCCCCCN.c1ccc(CNCCCCCCCCNCc2ccccc2)cc1. The molecule has 2 aromatic carbocycles. The summed E-state index contributed by atoms with van der Waals surface area (Å²) < 4.78 is 0. The Labute approximate surface area is 210 Å². The van der Waals surface area contributed by atoms with Crippen molar-refractivity contribution < 1.29 is 0 Å². The number of nitrogens with two attached hydrogens (primary N) is 2. The zero-order valence-corrected chi connectivity index (χ0v) is 21.7. The highest BCUT2D eigenvalue weighted by Gasteiger charge is 1.94. The molecule has 0 aromatic heterocycles. The van der Waals surface area contributed by atoms with E-state index in [1.165, 1.54) is 88.2 Å². The van der Waals surface area contributed by atoms with E-state index in [2.05, 4.69) is 71.3 Å².